The highest BCUT2D eigenvalue weighted by Crippen LogP contribution is 2.31. The Morgan fingerprint density at radius 3 is 2.62 bits per heavy atom. The molecule has 0 aliphatic carbocycles. The van der Waals surface area contributed by atoms with Crippen molar-refractivity contribution in [1.82, 2.24) is 0 Å². The van der Waals surface area contributed by atoms with Crippen LogP contribution in [0.4, 0.5) is 10.1 Å². The van der Waals surface area contributed by atoms with Gasteiger partial charge in [-0.05, 0) is 30.3 Å². The van der Waals surface area contributed by atoms with Crippen molar-refractivity contribution >= 4 is 11.7 Å². The Labute approximate surface area is 118 Å². The van der Waals surface area contributed by atoms with Crippen LogP contribution in [0.5, 0.6) is 11.5 Å². The first kappa shape index (κ1) is 14.4. The topological polar surface area (TPSA) is 78.7 Å². The molecular formula is C14H10FNO5. The number of hydrogen-bond acceptors (Lipinski definition) is 5. The van der Waals surface area contributed by atoms with E-state index in [1.807, 2.05) is 0 Å². The number of nitro groups is 1. The molecule has 21 heavy (non-hydrogen) atoms. The molecule has 108 valence electrons. The summed E-state index contributed by atoms with van der Waals surface area (Å²) < 4.78 is 22.9. The third-order valence-electron chi connectivity index (χ3n) is 2.63. The molecule has 6 nitrogen and oxygen atoms in total. The maximum Gasteiger partial charge on any atom is 0.343 e. The number of methoxy groups -OCH3 is 1. The summed E-state index contributed by atoms with van der Waals surface area (Å²) >= 11 is 0. The number of esters is 1. The Morgan fingerprint density at radius 2 is 2.00 bits per heavy atom. The number of carbonyl (C=O) groups excluding carboxylic acids is 1. The largest absolute Gasteiger partial charge is 0.496 e. The van der Waals surface area contributed by atoms with Gasteiger partial charge >= 0.3 is 11.7 Å². The highest BCUT2D eigenvalue weighted by Gasteiger charge is 2.20. The van der Waals surface area contributed by atoms with Gasteiger partial charge in [0.25, 0.3) is 0 Å². The normalized spacial score (nSPS) is 10.0. The second kappa shape index (κ2) is 6.00. The first-order valence-electron chi connectivity index (χ1n) is 5.81. The van der Waals surface area contributed by atoms with Crippen molar-refractivity contribution in [3.05, 3.63) is 64.0 Å². The molecule has 0 aromatic heterocycles. The number of carbonyl (C=O) groups is 1. The maximum atomic E-state index is 13.0. The van der Waals surface area contributed by atoms with Gasteiger partial charge in [0, 0.05) is 0 Å². The van der Waals surface area contributed by atoms with E-state index in [4.69, 9.17) is 9.47 Å². The van der Waals surface area contributed by atoms with Gasteiger partial charge in [0.05, 0.1) is 23.7 Å². The van der Waals surface area contributed by atoms with Crippen LogP contribution in [0.25, 0.3) is 0 Å². The number of rotatable bonds is 4. The van der Waals surface area contributed by atoms with Crippen LogP contribution >= 0.6 is 0 Å². The summed E-state index contributed by atoms with van der Waals surface area (Å²) in [6, 6.07) is 8.64. The second-order valence-corrected chi connectivity index (χ2v) is 3.99. The molecule has 7 heteroatoms. The Morgan fingerprint density at radius 1 is 1.24 bits per heavy atom. The van der Waals surface area contributed by atoms with Crippen LogP contribution in [-0.2, 0) is 0 Å². The molecule has 0 radical (unpaired) electrons. The molecule has 2 aromatic carbocycles. The fraction of sp³-hybridized carbons (Fsp3) is 0.0714. The lowest BCUT2D eigenvalue weighted by Gasteiger charge is -2.06. The standard InChI is InChI=1S/C14H10FNO5/c1-20-11-5-6-13(12(8-11)16(18)19)21-14(17)9-3-2-4-10(15)7-9/h2-8H,1H3. The average Bonchev–Trinajstić information content (AvgIpc) is 2.47. The molecule has 0 spiro atoms. The van der Waals surface area contributed by atoms with Crippen molar-refractivity contribution in [2.45, 2.75) is 0 Å². The molecule has 0 saturated heterocycles. The fourth-order valence-electron chi connectivity index (χ4n) is 1.63. The third kappa shape index (κ3) is 3.33. The van der Waals surface area contributed by atoms with Crippen molar-refractivity contribution in [1.29, 1.82) is 0 Å². The van der Waals surface area contributed by atoms with Crippen LogP contribution in [0.2, 0.25) is 0 Å². The van der Waals surface area contributed by atoms with E-state index in [9.17, 15) is 19.3 Å². The minimum absolute atomic E-state index is 0.0416. The van der Waals surface area contributed by atoms with Gasteiger partial charge in [-0.25, -0.2) is 9.18 Å². The Hall–Kier alpha value is -2.96. The Balaban J connectivity index is 2.31. The van der Waals surface area contributed by atoms with Crippen LogP contribution in [-0.4, -0.2) is 18.0 Å². The Bertz CT molecular complexity index is 702. The van der Waals surface area contributed by atoms with Gasteiger partial charge in [-0.2, -0.15) is 0 Å². The lowest BCUT2D eigenvalue weighted by molar-refractivity contribution is -0.385. The quantitative estimate of drug-likeness (QED) is 0.374. The molecule has 0 N–H and O–H groups in total. The summed E-state index contributed by atoms with van der Waals surface area (Å²) in [6.07, 6.45) is 0. The molecule has 0 unspecified atom stereocenters. The smallest absolute Gasteiger partial charge is 0.343 e. The van der Waals surface area contributed by atoms with E-state index >= 15 is 0 Å². The number of nitrogens with zero attached hydrogens (tertiary/aromatic N) is 1. The van der Waals surface area contributed by atoms with Crippen molar-refractivity contribution in [2.75, 3.05) is 7.11 Å². The number of hydrogen-bond donors (Lipinski definition) is 0. The fourth-order valence-corrected chi connectivity index (χ4v) is 1.63. The molecule has 0 atom stereocenters. The van der Waals surface area contributed by atoms with Gasteiger partial charge in [0.1, 0.15) is 11.6 Å². The van der Waals surface area contributed by atoms with Gasteiger partial charge < -0.3 is 9.47 Å². The van der Waals surface area contributed by atoms with Gasteiger partial charge in [-0.1, -0.05) is 6.07 Å². The van der Waals surface area contributed by atoms with Crippen molar-refractivity contribution in [3.8, 4) is 11.5 Å². The summed E-state index contributed by atoms with van der Waals surface area (Å²) in [4.78, 5) is 22.1. The van der Waals surface area contributed by atoms with Crippen molar-refractivity contribution < 1.29 is 23.6 Å². The summed E-state index contributed by atoms with van der Waals surface area (Å²) in [5.41, 5.74) is -0.459. The number of ether oxygens (including phenoxy) is 2. The molecule has 0 bridgehead atoms. The average molecular weight is 291 g/mol. The summed E-state index contributed by atoms with van der Waals surface area (Å²) in [5.74, 6) is -1.47. The summed E-state index contributed by atoms with van der Waals surface area (Å²) in [5, 5.41) is 11.0. The molecule has 0 heterocycles. The predicted molar refractivity (Wildman–Crippen MR) is 71.0 cm³/mol. The van der Waals surface area contributed by atoms with Crippen LogP contribution in [0.1, 0.15) is 10.4 Å². The molecule has 2 aromatic rings. The minimum Gasteiger partial charge on any atom is -0.496 e. The highest BCUT2D eigenvalue weighted by atomic mass is 19.1. The van der Waals surface area contributed by atoms with E-state index in [-0.39, 0.29) is 17.1 Å². The first-order chi connectivity index (χ1) is 10.0. The predicted octanol–water partition coefficient (Wildman–Crippen LogP) is 2.96. The van der Waals surface area contributed by atoms with Crippen LogP contribution in [0.15, 0.2) is 42.5 Å². The molecule has 0 aliphatic heterocycles. The molecule has 2 rings (SSSR count). The maximum absolute atomic E-state index is 13.0. The number of halogens is 1. The van der Waals surface area contributed by atoms with E-state index in [2.05, 4.69) is 0 Å². The zero-order valence-electron chi connectivity index (χ0n) is 10.9. The van der Waals surface area contributed by atoms with Gasteiger partial charge in [0.2, 0.25) is 5.75 Å². The number of benzene rings is 2. The first-order valence-corrected chi connectivity index (χ1v) is 5.81. The van der Waals surface area contributed by atoms with Gasteiger partial charge in [-0.15, -0.1) is 0 Å². The van der Waals surface area contributed by atoms with Crippen LogP contribution in [0, 0.1) is 15.9 Å². The minimum atomic E-state index is -0.886. The van der Waals surface area contributed by atoms with Crippen molar-refractivity contribution in [2.24, 2.45) is 0 Å². The lowest BCUT2D eigenvalue weighted by Crippen LogP contribution is -2.10. The summed E-state index contributed by atoms with van der Waals surface area (Å²) in [6.45, 7) is 0. The molecular weight excluding hydrogens is 281 g/mol. The monoisotopic (exact) mass is 291 g/mol. The molecule has 0 saturated carbocycles. The van der Waals surface area contributed by atoms with E-state index in [1.165, 1.54) is 37.4 Å². The number of nitro benzene ring substituents is 1. The van der Waals surface area contributed by atoms with Gasteiger partial charge in [-0.3, -0.25) is 10.1 Å². The van der Waals surface area contributed by atoms with E-state index in [0.29, 0.717) is 0 Å². The highest BCUT2D eigenvalue weighted by molar-refractivity contribution is 5.91. The van der Waals surface area contributed by atoms with Crippen molar-refractivity contribution in [3.63, 3.8) is 0 Å². The third-order valence-corrected chi connectivity index (χ3v) is 2.63. The van der Waals surface area contributed by atoms with Crippen LogP contribution < -0.4 is 9.47 Å². The molecule has 0 fully saturated rings. The molecule has 0 aliphatic rings. The lowest BCUT2D eigenvalue weighted by atomic mass is 10.2. The Kier molecular flexibility index (Phi) is 4.13. The summed E-state index contributed by atoms with van der Waals surface area (Å²) in [7, 11) is 1.36. The zero-order chi connectivity index (χ0) is 15.4. The van der Waals surface area contributed by atoms with E-state index in [0.717, 1.165) is 12.1 Å². The zero-order valence-corrected chi connectivity index (χ0v) is 10.9. The van der Waals surface area contributed by atoms with Crippen LogP contribution in [0.3, 0.4) is 0 Å². The van der Waals surface area contributed by atoms with E-state index in [1.54, 1.807) is 0 Å². The van der Waals surface area contributed by atoms with E-state index < -0.39 is 22.4 Å². The second-order valence-electron chi connectivity index (χ2n) is 3.99. The molecule has 0 amide bonds. The SMILES string of the molecule is COc1ccc(OC(=O)c2cccc(F)c2)c([N+](=O)[O-])c1. The van der Waals surface area contributed by atoms with Gasteiger partial charge in [0.15, 0.2) is 0 Å².